The second-order valence-electron chi connectivity index (χ2n) is 3.83. The molecule has 0 aliphatic heterocycles. The van der Waals surface area contributed by atoms with E-state index >= 15 is 0 Å². The van der Waals surface area contributed by atoms with Gasteiger partial charge in [-0.25, -0.2) is 4.79 Å². The highest BCUT2D eigenvalue weighted by Crippen LogP contribution is 2.49. The summed E-state index contributed by atoms with van der Waals surface area (Å²) in [5.41, 5.74) is 0.698. The quantitative estimate of drug-likeness (QED) is 0.601. The first-order valence-electron chi connectivity index (χ1n) is 5.24. The zero-order valence-corrected chi connectivity index (χ0v) is 8.85. The van der Waals surface area contributed by atoms with Gasteiger partial charge in [-0.15, -0.1) is 0 Å². The van der Waals surface area contributed by atoms with Crippen LogP contribution in [0.2, 0.25) is 0 Å². The largest absolute Gasteiger partial charge is 0.491 e. The fourth-order valence-corrected chi connectivity index (χ4v) is 1.70. The molecule has 1 aromatic rings. The predicted octanol–water partition coefficient (Wildman–Crippen LogP) is 1.38. The predicted molar refractivity (Wildman–Crippen MR) is 58.1 cm³/mol. The maximum absolute atomic E-state index is 10.3. The molecule has 16 heavy (non-hydrogen) atoms. The van der Waals surface area contributed by atoms with E-state index in [4.69, 9.17) is 9.84 Å². The summed E-state index contributed by atoms with van der Waals surface area (Å²) < 4.78 is 5.25. The highest BCUT2D eigenvalue weighted by Gasteiger charge is 2.44. The van der Waals surface area contributed by atoms with Crippen molar-refractivity contribution in [2.24, 2.45) is 4.99 Å². The molecule has 2 rings (SSSR count). The Morgan fingerprint density at radius 2 is 2.06 bits per heavy atom. The molecule has 0 saturated heterocycles. The molecule has 84 valence electrons. The average Bonchev–Trinajstić information content (AvgIpc) is 3.09. The van der Waals surface area contributed by atoms with E-state index in [0.717, 1.165) is 18.4 Å². The van der Waals surface area contributed by atoms with Crippen molar-refractivity contribution < 1.29 is 14.6 Å². The summed E-state index contributed by atoms with van der Waals surface area (Å²) in [7, 11) is 0. The molecule has 0 amide bonds. The van der Waals surface area contributed by atoms with E-state index in [2.05, 4.69) is 4.99 Å². The van der Waals surface area contributed by atoms with Gasteiger partial charge in [0.2, 0.25) is 6.08 Å². The van der Waals surface area contributed by atoms with Crippen molar-refractivity contribution in [2.45, 2.75) is 18.4 Å². The summed E-state index contributed by atoms with van der Waals surface area (Å²) in [4.78, 5) is 14.1. The second kappa shape index (κ2) is 4.47. The summed E-state index contributed by atoms with van der Waals surface area (Å²) in [5, 5.41) is 8.61. The molecule has 0 atom stereocenters. The molecule has 0 bridgehead atoms. The lowest BCUT2D eigenvalue weighted by atomic mass is 10.1. The van der Waals surface area contributed by atoms with Gasteiger partial charge in [0.15, 0.2) is 0 Å². The van der Waals surface area contributed by atoms with E-state index in [9.17, 15) is 4.79 Å². The summed E-state index contributed by atoms with van der Waals surface area (Å²) in [5.74, 6) is 0.712. The zero-order valence-electron chi connectivity index (χ0n) is 8.85. The van der Waals surface area contributed by atoms with Gasteiger partial charge in [0, 0.05) is 0 Å². The number of carbonyl (C=O) groups excluding carboxylic acids is 1. The van der Waals surface area contributed by atoms with E-state index in [1.807, 2.05) is 24.3 Å². The lowest BCUT2D eigenvalue weighted by molar-refractivity contribution is 0.201. The first kappa shape index (κ1) is 10.9. The molecule has 0 spiro atoms. The van der Waals surface area contributed by atoms with Crippen LogP contribution in [0.5, 0.6) is 5.75 Å². The van der Waals surface area contributed by atoms with E-state index in [1.165, 1.54) is 0 Å². The highest BCUT2D eigenvalue weighted by molar-refractivity contribution is 5.42. The first-order valence-corrected chi connectivity index (χ1v) is 5.24. The van der Waals surface area contributed by atoms with Gasteiger partial charge < -0.3 is 9.84 Å². The Morgan fingerprint density at radius 3 is 2.56 bits per heavy atom. The fourth-order valence-electron chi connectivity index (χ4n) is 1.70. The van der Waals surface area contributed by atoms with Crippen LogP contribution in [0.15, 0.2) is 29.3 Å². The minimum absolute atomic E-state index is 0.00112. The number of aliphatic imine (C=N–C) groups is 1. The zero-order chi connectivity index (χ0) is 11.4. The SMILES string of the molecule is O=C=NC1(c2ccc(OCCO)cc2)CC1. The third-order valence-electron chi connectivity index (χ3n) is 2.73. The minimum atomic E-state index is -0.322. The van der Waals surface area contributed by atoms with Crippen LogP contribution < -0.4 is 4.74 Å². The van der Waals surface area contributed by atoms with Crippen LogP contribution >= 0.6 is 0 Å². The topological polar surface area (TPSA) is 58.9 Å². The smallest absolute Gasteiger partial charge is 0.235 e. The number of benzene rings is 1. The molecule has 0 heterocycles. The van der Waals surface area contributed by atoms with Crippen LogP contribution in [0.25, 0.3) is 0 Å². The number of hydrogen-bond acceptors (Lipinski definition) is 4. The summed E-state index contributed by atoms with van der Waals surface area (Å²) in [6.45, 7) is 0.290. The highest BCUT2D eigenvalue weighted by atomic mass is 16.5. The maximum Gasteiger partial charge on any atom is 0.235 e. The Labute approximate surface area is 93.6 Å². The number of nitrogens with zero attached hydrogens (tertiary/aromatic N) is 1. The number of isocyanates is 1. The Balaban J connectivity index is 2.10. The Hall–Kier alpha value is -1.64. The molecule has 1 aromatic carbocycles. The normalized spacial score (nSPS) is 16.3. The fraction of sp³-hybridized carbons (Fsp3) is 0.417. The molecule has 4 nitrogen and oxygen atoms in total. The van der Waals surface area contributed by atoms with Gasteiger partial charge >= 0.3 is 0 Å². The summed E-state index contributed by atoms with van der Waals surface area (Å²) >= 11 is 0. The van der Waals surface area contributed by atoms with Crippen LogP contribution in [-0.2, 0) is 10.3 Å². The van der Waals surface area contributed by atoms with Crippen molar-refractivity contribution >= 4 is 6.08 Å². The number of aliphatic hydroxyl groups is 1. The number of hydrogen-bond donors (Lipinski definition) is 1. The molecule has 1 saturated carbocycles. The van der Waals surface area contributed by atoms with Crippen molar-refractivity contribution in [1.29, 1.82) is 0 Å². The lowest BCUT2D eigenvalue weighted by Crippen LogP contribution is -2.04. The van der Waals surface area contributed by atoms with Crippen LogP contribution in [-0.4, -0.2) is 24.4 Å². The van der Waals surface area contributed by atoms with Gasteiger partial charge in [-0.1, -0.05) is 12.1 Å². The molecule has 1 N–H and O–H groups in total. The standard InChI is InChI=1S/C12H13NO3/c14-7-8-16-11-3-1-10(2-4-11)12(5-6-12)13-9-15/h1-4,14H,5-8H2. The lowest BCUT2D eigenvalue weighted by Gasteiger charge is -2.09. The third-order valence-corrected chi connectivity index (χ3v) is 2.73. The first-order chi connectivity index (χ1) is 7.80. The molecular formula is C12H13NO3. The van der Waals surface area contributed by atoms with Crippen molar-refractivity contribution in [2.75, 3.05) is 13.2 Å². The van der Waals surface area contributed by atoms with Gasteiger partial charge in [0.1, 0.15) is 12.4 Å². The molecular weight excluding hydrogens is 206 g/mol. The Kier molecular flexibility index (Phi) is 3.04. The molecule has 1 aliphatic carbocycles. The summed E-state index contributed by atoms with van der Waals surface area (Å²) in [6, 6.07) is 7.46. The van der Waals surface area contributed by atoms with Gasteiger partial charge in [-0.2, -0.15) is 4.99 Å². The van der Waals surface area contributed by atoms with Crippen molar-refractivity contribution in [3.8, 4) is 5.75 Å². The van der Waals surface area contributed by atoms with E-state index in [0.29, 0.717) is 5.75 Å². The Morgan fingerprint density at radius 1 is 1.38 bits per heavy atom. The van der Waals surface area contributed by atoms with E-state index in [1.54, 1.807) is 6.08 Å². The maximum atomic E-state index is 10.3. The number of ether oxygens (including phenoxy) is 1. The van der Waals surface area contributed by atoms with E-state index in [-0.39, 0.29) is 18.8 Å². The van der Waals surface area contributed by atoms with Crippen molar-refractivity contribution in [1.82, 2.24) is 0 Å². The van der Waals surface area contributed by atoms with E-state index < -0.39 is 0 Å². The molecule has 0 unspecified atom stereocenters. The molecule has 1 fully saturated rings. The molecule has 1 aliphatic rings. The molecule has 0 radical (unpaired) electrons. The average molecular weight is 219 g/mol. The number of rotatable bonds is 5. The van der Waals surface area contributed by atoms with Crippen LogP contribution in [0.3, 0.4) is 0 Å². The van der Waals surface area contributed by atoms with Gasteiger partial charge in [0.05, 0.1) is 12.1 Å². The summed E-state index contributed by atoms with van der Waals surface area (Å²) in [6.07, 6.45) is 3.43. The van der Waals surface area contributed by atoms with Crippen molar-refractivity contribution in [3.05, 3.63) is 29.8 Å². The second-order valence-corrected chi connectivity index (χ2v) is 3.83. The van der Waals surface area contributed by atoms with Crippen LogP contribution in [0.1, 0.15) is 18.4 Å². The Bertz CT molecular complexity index is 403. The van der Waals surface area contributed by atoms with Crippen LogP contribution in [0.4, 0.5) is 0 Å². The minimum Gasteiger partial charge on any atom is -0.491 e. The molecule has 0 aromatic heterocycles. The monoisotopic (exact) mass is 219 g/mol. The van der Waals surface area contributed by atoms with Gasteiger partial charge in [-0.3, -0.25) is 0 Å². The van der Waals surface area contributed by atoms with Gasteiger partial charge in [0.25, 0.3) is 0 Å². The van der Waals surface area contributed by atoms with Crippen LogP contribution in [0, 0.1) is 0 Å². The van der Waals surface area contributed by atoms with Crippen molar-refractivity contribution in [3.63, 3.8) is 0 Å². The van der Waals surface area contributed by atoms with Gasteiger partial charge in [-0.05, 0) is 30.5 Å². The molecule has 4 heteroatoms. The third kappa shape index (κ3) is 2.13. The number of aliphatic hydroxyl groups excluding tert-OH is 1.